The normalized spacial score (nSPS) is 12.6. The van der Waals surface area contributed by atoms with Crippen LogP contribution >= 0.6 is 11.3 Å². The van der Waals surface area contributed by atoms with E-state index in [9.17, 15) is 13.6 Å². The summed E-state index contributed by atoms with van der Waals surface area (Å²) < 4.78 is 29.3. The lowest BCUT2D eigenvalue weighted by atomic mass is 10.3. The molecule has 0 aliphatic heterocycles. The maximum Gasteiger partial charge on any atom is 0.265 e. The number of aliphatic hydroxyl groups excluding tert-OH is 1. The van der Waals surface area contributed by atoms with Crippen LogP contribution in [0.1, 0.15) is 5.69 Å². The number of aliphatic hydroxyl groups is 1. The third kappa shape index (κ3) is 3.84. The second-order valence-corrected chi connectivity index (χ2v) is 4.86. The first-order valence-electron chi connectivity index (χ1n) is 5.77. The van der Waals surface area contributed by atoms with Crippen LogP contribution in [-0.4, -0.2) is 35.1 Å². The van der Waals surface area contributed by atoms with Gasteiger partial charge in [-0.05, 0) is 12.1 Å². The molecule has 2 rings (SSSR count). The highest BCUT2D eigenvalue weighted by Crippen LogP contribution is 2.23. The Bertz CT molecular complexity index is 557. The van der Waals surface area contributed by atoms with E-state index < -0.39 is 25.0 Å². The van der Waals surface area contributed by atoms with Crippen molar-refractivity contribution >= 4 is 17.2 Å². The van der Waals surface area contributed by atoms with Crippen molar-refractivity contribution in [3.8, 4) is 10.8 Å². The van der Waals surface area contributed by atoms with E-state index in [-0.39, 0.29) is 6.42 Å². The van der Waals surface area contributed by atoms with Gasteiger partial charge in [0, 0.05) is 11.9 Å². The first-order valence-corrected chi connectivity index (χ1v) is 6.65. The van der Waals surface area contributed by atoms with Gasteiger partial charge in [-0.25, -0.2) is 13.8 Å². The predicted octanol–water partition coefficient (Wildman–Crippen LogP) is 1.69. The Labute approximate surface area is 117 Å². The first kappa shape index (κ1) is 14.6. The van der Waals surface area contributed by atoms with Crippen LogP contribution in [0.4, 0.5) is 8.78 Å². The summed E-state index contributed by atoms with van der Waals surface area (Å²) in [4.78, 5) is 15.7. The number of rotatable bonds is 6. The molecule has 1 atom stereocenters. The molecule has 2 N–H and O–H groups in total. The van der Waals surface area contributed by atoms with Gasteiger partial charge in [-0.1, -0.05) is 0 Å². The second-order valence-electron chi connectivity index (χ2n) is 4.00. The van der Waals surface area contributed by atoms with Crippen LogP contribution in [0.25, 0.3) is 10.8 Å². The van der Waals surface area contributed by atoms with Crippen molar-refractivity contribution in [3.05, 3.63) is 29.5 Å². The van der Waals surface area contributed by atoms with E-state index in [1.807, 2.05) is 0 Å². The molecule has 108 valence electrons. The van der Waals surface area contributed by atoms with Crippen molar-refractivity contribution in [3.63, 3.8) is 0 Å². The Morgan fingerprint density at radius 2 is 2.35 bits per heavy atom. The quantitative estimate of drug-likeness (QED) is 0.851. The van der Waals surface area contributed by atoms with Crippen LogP contribution in [0.5, 0.6) is 0 Å². The molecule has 0 aliphatic carbocycles. The molecule has 0 radical (unpaired) electrons. The number of hydrogen-bond donors (Lipinski definition) is 2. The van der Waals surface area contributed by atoms with Gasteiger partial charge in [0.15, 0.2) is 10.8 Å². The molecule has 0 saturated heterocycles. The summed E-state index contributed by atoms with van der Waals surface area (Å²) in [6, 6.07) is 3.48. The van der Waals surface area contributed by atoms with Crippen LogP contribution in [0.2, 0.25) is 0 Å². The zero-order valence-corrected chi connectivity index (χ0v) is 11.1. The molecule has 1 unspecified atom stereocenters. The minimum absolute atomic E-state index is 0.0346. The van der Waals surface area contributed by atoms with E-state index in [2.05, 4.69) is 10.3 Å². The smallest absolute Gasteiger partial charge is 0.265 e. The Kier molecular flexibility index (Phi) is 4.80. The Morgan fingerprint density at radius 1 is 1.55 bits per heavy atom. The Balaban J connectivity index is 1.86. The summed E-state index contributed by atoms with van der Waals surface area (Å²) in [7, 11) is 0. The number of carbonyl (C=O) groups is 1. The lowest BCUT2D eigenvalue weighted by molar-refractivity contribution is -0.121. The number of carbonyl (C=O) groups excluding carboxylic acids is 1. The van der Waals surface area contributed by atoms with E-state index in [0.717, 1.165) is 0 Å². The molecule has 2 aromatic rings. The van der Waals surface area contributed by atoms with Gasteiger partial charge in [-0.2, -0.15) is 0 Å². The molecule has 0 spiro atoms. The van der Waals surface area contributed by atoms with Gasteiger partial charge in [0.2, 0.25) is 5.91 Å². The van der Waals surface area contributed by atoms with E-state index in [1.54, 1.807) is 17.5 Å². The fourth-order valence-electron chi connectivity index (χ4n) is 1.44. The summed E-state index contributed by atoms with van der Waals surface area (Å²) in [6.45, 7) is -0.480. The van der Waals surface area contributed by atoms with Crippen LogP contribution in [0.15, 0.2) is 28.2 Å². The lowest BCUT2D eigenvalue weighted by Gasteiger charge is -2.09. The van der Waals surface area contributed by atoms with Gasteiger partial charge >= 0.3 is 0 Å². The molecular formula is C12H12F2N2O3S. The number of halogens is 2. The molecule has 1 amide bonds. The highest BCUT2D eigenvalue weighted by atomic mass is 32.1. The third-order valence-corrected chi connectivity index (χ3v) is 3.33. The number of amides is 1. The molecule has 2 heterocycles. The maximum atomic E-state index is 12.0. The molecule has 0 aliphatic rings. The summed E-state index contributed by atoms with van der Waals surface area (Å²) in [5, 5.41) is 13.4. The number of hydrogen-bond acceptors (Lipinski definition) is 5. The van der Waals surface area contributed by atoms with Crippen molar-refractivity contribution in [2.45, 2.75) is 19.0 Å². The lowest BCUT2D eigenvalue weighted by Crippen LogP contribution is -2.36. The molecule has 0 aromatic carbocycles. The van der Waals surface area contributed by atoms with Gasteiger partial charge < -0.3 is 14.8 Å². The van der Waals surface area contributed by atoms with Crippen molar-refractivity contribution in [1.82, 2.24) is 10.3 Å². The molecular weight excluding hydrogens is 290 g/mol. The summed E-state index contributed by atoms with van der Waals surface area (Å²) in [5.41, 5.74) is 0.519. The minimum Gasteiger partial charge on any atom is -0.462 e. The molecule has 5 nitrogen and oxygen atoms in total. The standard InChI is InChI=1S/C12H12F2N2O3S/c13-11(14)8(17)5-15-10(18)4-7-6-20-12(16-7)9-2-1-3-19-9/h1-3,6,8,11,17H,4-5H2,(H,15,18). The number of alkyl halides is 2. The largest absolute Gasteiger partial charge is 0.462 e. The summed E-state index contributed by atoms with van der Waals surface area (Å²) in [5.74, 6) is 0.135. The first-order chi connectivity index (χ1) is 9.56. The molecule has 8 heteroatoms. The average molecular weight is 302 g/mol. The third-order valence-electron chi connectivity index (χ3n) is 2.42. The summed E-state index contributed by atoms with van der Waals surface area (Å²) in [6.07, 6.45) is -3.24. The Hall–Kier alpha value is -1.80. The van der Waals surface area contributed by atoms with E-state index in [4.69, 9.17) is 9.52 Å². The van der Waals surface area contributed by atoms with Crippen LogP contribution in [-0.2, 0) is 11.2 Å². The van der Waals surface area contributed by atoms with Crippen LogP contribution in [0, 0.1) is 0 Å². The monoisotopic (exact) mass is 302 g/mol. The van der Waals surface area contributed by atoms with Crippen LogP contribution in [0.3, 0.4) is 0 Å². The molecule has 0 saturated carbocycles. The van der Waals surface area contributed by atoms with Gasteiger partial charge in [-0.15, -0.1) is 11.3 Å². The van der Waals surface area contributed by atoms with Crippen molar-refractivity contribution in [2.75, 3.05) is 6.54 Å². The second kappa shape index (κ2) is 6.58. The average Bonchev–Trinajstić information content (AvgIpc) is 3.05. The van der Waals surface area contributed by atoms with E-state index in [1.165, 1.54) is 17.6 Å². The number of nitrogens with zero attached hydrogens (tertiary/aromatic N) is 1. The van der Waals surface area contributed by atoms with Gasteiger partial charge in [0.25, 0.3) is 6.43 Å². The fraction of sp³-hybridized carbons (Fsp3) is 0.333. The zero-order valence-electron chi connectivity index (χ0n) is 10.3. The van der Waals surface area contributed by atoms with Gasteiger partial charge in [0.05, 0.1) is 18.4 Å². The predicted molar refractivity (Wildman–Crippen MR) is 68.5 cm³/mol. The fourth-order valence-corrected chi connectivity index (χ4v) is 2.22. The SMILES string of the molecule is O=C(Cc1csc(-c2ccco2)n1)NCC(O)C(F)F. The van der Waals surface area contributed by atoms with Crippen molar-refractivity contribution in [1.29, 1.82) is 0 Å². The number of nitrogens with one attached hydrogen (secondary N) is 1. The van der Waals surface area contributed by atoms with Crippen molar-refractivity contribution < 1.29 is 23.1 Å². The van der Waals surface area contributed by atoms with Gasteiger partial charge in [0.1, 0.15) is 6.10 Å². The molecule has 2 aromatic heterocycles. The highest BCUT2D eigenvalue weighted by Gasteiger charge is 2.18. The van der Waals surface area contributed by atoms with Gasteiger partial charge in [-0.3, -0.25) is 4.79 Å². The topological polar surface area (TPSA) is 75.4 Å². The van der Waals surface area contributed by atoms with Crippen molar-refractivity contribution in [2.24, 2.45) is 0 Å². The van der Waals surface area contributed by atoms with Crippen LogP contribution < -0.4 is 5.32 Å². The molecule has 20 heavy (non-hydrogen) atoms. The number of thiazole rings is 1. The highest BCUT2D eigenvalue weighted by molar-refractivity contribution is 7.13. The zero-order chi connectivity index (χ0) is 14.5. The molecule has 0 bridgehead atoms. The van der Waals surface area contributed by atoms with E-state index in [0.29, 0.717) is 16.5 Å². The minimum atomic E-state index is -2.87. The molecule has 0 fully saturated rings. The number of aromatic nitrogens is 1. The maximum absolute atomic E-state index is 12.0. The van der Waals surface area contributed by atoms with E-state index >= 15 is 0 Å². The summed E-state index contributed by atoms with van der Waals surface area (Å²) >= 11 is 1.32. The Morgan fingerprint density at radius 3 is 3.00 bits per heavy atom. The number of furan rings is 1.